The Bertz CT molecular complexity index is 1250. The molecule has 0 aliphatic carbocycles. The molecule has 0 spiro atoms. The van der Waals surface area contributed by atoms with E-state index in [1.54, 1.807) is 41.3 Å². The number of aromatic nitrogens is 3. The fourth-order valence-electron chi connectivity index (χ4n) is 3.72. The first kappa shape index (κ1) is 23.9. The Morgan fingerprint density at radius 1 is 1.03 bits per heavy atom. The molecule has 1 aromatic heterocycles. The second kappa shape index (κ2) is 10.3. The van der Waals surface area contributed by atoms with Gasteiger partial charge in [-0.15, -0.1) is 5.10 Å². The maximum Gasteiger partial charge on any atom is 0.293 e. The molecule has 0 saturated carbocycles. The van der Waals surface area contributed by atoms with Crippen LogP contribution in [0.15, 0.2) is 42.5 Å². The lowest BCUT2D eigenvalue weighted by Crippen LogP contribution is -2.31. The van der Waals surface area contributed by atoms with Crippen molar-refractivity contribution in [2.75, 3.05) is 19.6 Å². The third kappa shape index (κ3) is 4.96. The summed E-state index contributed by atoms with van der Waals surface area (Å²) in [6, 6.07) is 11.4. The molecule has 34 heavy (non-hydrogen) atoms. The Kier molecular flexibility index (Phi) is 7.26. The van der Waals surface area contributed by atoms with Gasteiger partial charge < -0.3 is 16.0 Å². The highest BCUT2D eigenvalue weighted by molar-refractivity contribution is 6.35. The fraction of sp³-hybridized carbons (Fsp3) is 0.261. The number of amides is 2. The average Bonchev–Trinajstić information content (AvgIpc) is 3.52. The Balaban J connectivity index is 1.80. The van der Waals surface area contributed by atoms with Crippen LogP contribution >= 0.6 is 23.2 Å². The van der Waals surface area contributed by atoms with Gasteiger partial charge in [0.25, 0.3) is 5.91 Å². The van der Waals surface area contributed by atoms with Crippen molar-refractivity contribution in [3.8, 4) is 5.69 Å². The maximum atomic E-state index is 13.4. The number of hydrogen-bond donors (Lipinski definition) is 2. The molecule has 0 atom stereocenters. The van der Waals surface area contributed by atoms with E-state index in [9.17, 15) is 14.4 Å². The van der Waals surface area contributed by atoms with E-state index in [0.717, 1.165) is 12.8 Å². The van der Waals surface area contributed by atoms with Crippen LogP contribution in [-0.4, -0.2) is 56.9 Å². The molecular weight excluding hydrogens is 479 g/mol. The number of likely N-dealkylation sites (tertiary alicyclic amines) is 1. The third-order valence-electron chi connectivity index (χ3n) is 5.44. The number of ketones is 1. The number of nitrogens with two attached hydrogens (primary N) is 1. The van der Waals surface area contributed by atoms with Crippen LogP contribution in [0.2, 0.25) is 10.0 Å². The van der Waals surface area contributed by atoms with Crippen molar-refractivity contribution in [2.45, 2.75) is 19.4 Å². The van der Waals surface area contributed by atoms with E-state index in [-0.39, 0.29) is 47.0 Å². The lowest BCUT2D eigenvalue weighted by Gasteiger charge is -2.13. The Hall–Kier alpha value is -3.27. The first-order valence-corrected chi connectivity index (χ1v) is 11.5. The van der Waals surface area contributed by atoms with Gasteiger partial charge in [0, 0.05) is 29.2 Å². The number of benzene rings is 2. The number of halogens is 2. The quantitative estimate of drug-likeness (QED) is 0.480. The largest absolute Gasteiger partial charge is 0.348 e. The van der Waals surface area contributed by atoms with E-state index in [1.807, 2.05) is 0 Å². The molecule has 3 aromatic rings. The summed E-state index contributed by atoms with van der Waals surface area (Å²) in [5, 5.41) is 7.69. The second-order valence-corrected chi connectivity index (χ2v) is 8.56. The van der Waals surface area contributed by atoms with Crippen molar-refractivity contribution in [3.05, 3.63) is 75.3 Å². The summed E-state index contributed by atoms with van der Waals surface area (Å²) in [4.78, 5) is 44.2. The average molecular weight is 501 g/mol. The molecule has 1 aliphatic heterocycles. The SMILES string of the molecule is NCC(=O)NCc1nc(C(=O)N2CCCC2)nn1-c1ccc(Cl)cc1C(=O)c1ccccc1Cl. The molecule has 0 bridgehead atoms. The van der Waals surface area contributed by atoms with Gasteiger partial charge in [0.1, 0.15) is 0 Å². The first-order valence-electron chi connectivity index (χ1n) is 10.7. The summed E-state index contributed by atoms with van der Waals surface area (Å²) in [5.74, 6) is -0.839. The summed E-state index contributed by atoms with van der Waals surface area (Å²) < 4.78 is 1.38. The van der Waals surface area contributed by atoms with Gasteiger partial charge >= 0.3 is 0 Å². The zero-order valence-corrected chi connectivity index (χ0v) is 19.6. The molecule has 4 rings (SSSR count). The van der Waals surface area contributed by atoms with Gasteiger partial charge in [-0.1, -0.05) is 35.3 Å². The number of nitrogens with zero attached hydrogens (tertiary/aromatic N) is 4. The summed E-state index contributed by atoms with van der Waals surface area (Å²) in [5.41, 5.74) is 6.25. The standard InChI is InChI=1S/C23H22Cl2N6O3/c24-14-7-8-18(16(11-14)21(33)15-5-1-2-6-17(15)25)31-19(13-27-20(32)12-26)28-22(29-31)23(34)30-9-3-4-10-30/h1-2,5-8,11H,3-4,9-10,12-13,26H2,(H,27,32). The lowest BCUT2D eigenvalue weighted by molar-refractivity contribution is -0.119. The third-order valence-corrected chi connectivity index (χ3v) is 6.00. The summed E-state index contributed by atoms with van der Waals surface area (Å²) in [7, 11) is 0. The maximum absolute atomic E-state index is 13.4. The van der Waals surface area contributed by atoms with Gasteiger partial charge in [0.05, 0.1) is 23.8 Å². The number of rotatable bonds is 7. The summed E-state index contributed by atoms with van der Waals surface area (Å²) in [6.45, 7) is 1.01. The van der Waals surface area contributed by atoms with Gasteiger partial charge in [-0.25, -0.2) is 9.67 Å². The van der Waals surface area contributed by atoms with E-state index >= 15 is 0 Å². The highest BCUT2D eigenvalue weighted by atomic mass is 35.5. The predicted octanol–water partition coefficient (Wildman–Crippen LogP) is 2.62. The minimum atomic E-state index is -0.398. The van der Waals surface area contributed by atoms with Gasteiger partial charge in [-0.2, -0.15) is 0 Å². The highest BCUT2D eigenvalue weighted by Crippen LogP contribution is 2.26. The van der Waals surface area contributed by atoms with Crippen LogP contribution in [0.1, 0.15) is 45.2 Å². The molecule has 2 heterocycles. The minimum Gasteiger partial charge on any atom is -0.348 e. The van der Waals surface area contributed by atoms with Crippen LogP contribution in [0, 0.1) is 0 Å². The Labute approximate surface area is 205 Å². The first-order chi connectivity index (χ1) is 16.4. The molecule has 0 unspecified atom stereocenters. The summed E-state index contributed by atoms with van der Waals surface area (Å²) >= 11 is 12.5. The normalized spacial score (nSPS) is 13.2. The van der Waals surface area contributed by atoms with Crippen LogP contribution in [0.4, 0.5) is 0 Å². The Morgan fingerprint density at radius 2 is 1.76 bits per heavy atom. The van der Waals surface area contributed by atoms with Gasteiger partial charge in [-0.05, 0) is 43.2 Å². The molecule has 1 saturated heterocycles. The molecular formula is C23H22Cl2N6O3. The minimum absolute atomic E-state index is 0.0232. The van der Waals surface area contributed by atoms with Gasteiger partial charge in [0.2, 0.25) is 11.7 Å². The zero-order valence-electron chi connectivity index (χ0n) is 18.1. The summed E-state index contributed by atoms with van der Waals surface area (Å²) in [6.07, 6.45) is 1.83. The van der Waals surface area contributed by atoms with Crippen LogP contribution in [0.25, 0.3) is 5.69 Å². The molecule has 1 fully saturated rings. The van der Waals surface area contributed by atoms with E-state index in [1.165, 1.54) is 10.7 Å². The molecule has 1 aliphatic rings. The van der Waals surface area contributed by atoms with Crippen molar-refractivity contribution >= 4 is 40.8 Å². The van der Waals surface area contributed by atoms with E-state index < -0.39 is 5.91 Å². The smallest absolute Gasteiger partial charge is 0.293 e. The van der Waals surface area contributed by atoms with Crippen molar-refractivity contribution in [3.63, 3.8) is 0 Å². The van der Waals surface area contributed by atoms with E-state index in [2.05, 4.69) is 15.4 Å². The monoisotopic (exact) mass is 500 g/mol. The molecule has 2 amide bonds. The molecule has 0 radical (unpaired) electrons. The van der Waals surface area contributed by atoms with Crippen LogP contribution in [-0.2, 0) is 11.3 Å². The molecule has 9 nitrogen and oxygen atoms in total. The fourth-order valence-corrected chi connectivity index (χ4v) is 4.11. The van der Waals surface area contributed by atoms with Gasteiger partial charge in [-0.3, -0.25) is 14.4 Å². The van der Waals surface area contributed by atoms with Crippen molar-refractivity contribution in [2.24, 2.45) is 5.73 Å². The number of nitrogens with one attached hydrogen (secondary N) is 1. The molecule has 3 N–H and O–H groups in total. The van der Waals surface area contributed by atoms with Crippen LogP contribution in [0.5, 0.6) is 0 Å². The van der Waals surface area contributed by atoms with E-state index in [4.69, 9.17) is 28.9 Å². The Morgan fingerprint density at radius 3 is 2.47 bits per heavy atom. The predicted molar refractivity (Wildman–Crippen MR) is 127 cm³/mol. The topological polar surface area (TPSA) is 123 Å². The van der Waals surface area contributed by atoms with Crippen LogP contribution < -0.4 is 11.1 Å². The van der Waals surface area contributed by atoms with Crippen LogP contribution in [0.3, 0.4) is 0 Å². The number of carbonyl (C=O) groups excluding carboxylic acids is 3. The number of carbonyl (C=O) groups is 3. The lowest BCUT2D eigenvalue weighted by atomic mass is 10.0. The molecule has 2 aromatic carbocycles. The van der Waals surface area contributed by atoms with Crippen molar-refractivity contribution in [1.29, 1.82) is 0 Å². The van der Waals surface area contributed by atoms with Crippen molar-refractivity contribution in [1.82, 2.24) is 25.0 Å². The molecule has 11 heteroatoms. The highest BCUT2D eigenvalue weighted by Gasteiger charge is 2.27. The van der Waals surface area contributed by atoms with E-state index in [0.29, 0.717) is 29.4 Å². The molecule has 176 valence electrons. The number of hydrogen-bond acceptors (Lipinski definition) is 6. The van der Waals surface area contributed by atoms with Crippen molar-refractivity contribution < 1.29 is 14.4 Å². The second-order valence-electron chi connectivity index (χ2n) is 7.71. The zero-order chi connectivity index (χ0) is 24.2. The van der Waals surface area contributed by atoms with Gasteiger partial charge in [0.15, 0.2) is 11.6 Å².